The second-order valence-electron chi connectivity index (χ2n) is 4.87. The fourth-order valence-electron chi connectivity index (χ4n) is 2.05. The maximum atomic E-state index is 13.6. The molecule has 3 rings (SSSR count). The number of rotatable bonds is 3. The van der Waals surface area contributed by atoms with Crippen molar-refractivity contribution in [2.75, 3.05) is 0 Å². The molecule has 0 aliphatic carbocycles. The lowest BCUT2D eigenvalue weighted by molar-refractivity contribution is -0.129. The van der Waals surface area contributed by atoms with Crippen LogP contribution in [0.1, 0.15) is 11.1 Å². The van der Waals surface area contributed by atoms with Crippen molar-refractivity contribution < 1.29 is 13.9 Å². The van der Waals surface area contributed by atoms with Crippen LogP contribution in [0, 0.1) is 5.82 Å². The minimum atomic E-state index is -0.643. The highest BCUT2D eigenvalue weighted by Gasteiger charge is 2.21. The topological polar surface area (TPSA) is 38.7 Å². The first-order valence-corrected chi connectivity index (χ1v) is 7.69. The summed E-state index contributed by atoms with van der Waals surface area (Å²) in [6, 6.07) is 11.3. The quantitative estimate of drug-likeness (QED) is 0.560. The fourth-order valence-corrected chi connectivity index (χ4v) is 2.42. The van der Waals surface area contributed by atoms with E-state index in [0.717, 1.165) is 0 Å². The molecule has 24 heavy (non-hydrogen) atoms. The van der Waals surface area contributed by atoms with Crippen molar-refractivity contribution in [3.05, 3.63) is 81.2 Å². The van der Waals surface area contributed by atoms with E-state index in [1.54, 1.807) is 42.5 Å². The van der Waals surface area contributed by atoms with Crippen molar-refractivity contribution in [1.82, 2.24) is 0 Å². The first-order valence-electron chi connectivity index (χ1n) is 6.94. The Hall–Kier alpha value is -2.43. The summed E-state index contributed by atoms with van der Waals surface area (Å²) in [5.74, 6) is -0.989. The van der Waals surface area contributed by atoms with E-state index in [0.29, 0.717) is 15.6 Å². The Bertz CT molecular complexity index is 904. The number of hydrogen-bond acceptors (Lipinski definition) is 3. The lowest BCUT2D eigenvalue weighted by atomic mass is 10.2. The molecular formula is C18H10Cl2FNO2. The Balaban J connectivity index is 1.86. The first kappa shape index (κ1) is 16.4. The van der Waals surface area contributed by atoms with Crippen LogP contribution in [0.25, 0.3) is 12.2 Å². The van der Waals surface area contributed by atoms with Crippen LogP contribution in [0.5, 0.6) is 0 Å². The summed E-state index contributed by atoms with van der Waals surface area (Å²) in [6.45, 7) is 0. The molecule has 0 unspecified atom stereocenters. The van der Waals surface area contributed by atoms with E-state index >= 15 is 0 Å². The molecule has 2 aromatic rings. The van der Waals surface area contributed by atoms with Crippen LogP contribution in [0.2, 0.25) is 10.0 Å². The number of esters is 1. The standard InChI is InChI=1S/C18H10Cl2FNO2/c19-13-6-3-5-11(17(13)20)8-9-16-22-15(18(23)24-16)10-12-4-1-2-7-14(12)21/h1-10H/b9-8+,15-10-. The summed E-state index contributed by atoms with van der Waals surface area (Å²) in [6.07, 6.45) is 4.47. The average molecular weight is 362 g/mol. The number of carbonyl (C=O) groups is 1. The number of benzene rings is 2. The molecule has 0 bridgehead atoms. The smallest absolute Gasteiger partial charge is 0.363 e. The Morgan fingerprint density at radius 2 is 1.75 bits per heavy atom. The van der Waals surface area contributed by atoms with Crippen molar-refractivity contribution >= 4 is 47.2 Å². The zero-order valence-electron chi connectivity index (χ0n) is 12.2. The van der Waals surface area contributed by atoms with Crippen molar-refractivity contribution in [3.63, 3.8) is 0 Å². The van der Waals surface area contributed by atoms with Crippen LogP contribution in [-0.4, -0.2) is 11.9 Å². The molecule has 0 amide bonds. The number of hydrogen-bond donors (Lipinski definition) is 0. The Morgan fingerprint density at radius 1 is 1.00 bits per heavy atom. The maximum Gasteiger partial charge on any atom is 0.363 e. The van der Waals surface area contributed by atoms with Gasteiger partial charge in [0.05, 0.1) is 10.0 Å². The zero-order valence-corrected chi connectivity index (χ0v) is 13.7. The second-order valence-corrected chi connectivity index (χ2v) is 5.65. The van der Waals surface area contributed by atoms with E-state index in [4.69, 9.17) is 27.9 Å². The molecule has 0 radical (unpaired) electrons. The lowest BCUT2D eigenvalue weighted by Gasteiger charge is -1.99. The number of ether oxygens (including phenoxy) is 1. The minimum absolute atomic E-state index is 0.0249. The molecule has 120 valence electrons. The van der Waals surface area contributed by atoms with Crippen LogP contribution in [0.15, 0.2) is 59.2 Å². The number of nitrogens with zero attached hydrogens (tertiary/aromatic N) is 1. The molecular weight excluding hydrogens is 352 g/mol. The van der Waals surface area contributed by atoms with Crippen molar-refractivity contribution in [3.8, 4) is 0 Å². The highest BCUT2D eigenvalue weighted by atomic mass is 35.5. The van der Waals surface area contributed by atoms with Gasteiger partial charge >= 0.3 is 5.97 Å². The monoisotopic (exact) mass is 361 g/mol. The van der Waals surface area contributed by atoms with Crippen LogP contribution >= 0.6 is 23.2 Å². The second kappa shape index (κ2) is 6.99. The van der Waals surface area contributed by atoms with Gasteiger partial charge in [-0.05, 0) is 29.8 Å². The van der Waals surface area contributed by atoms with Gasteiger partial charge < -0.3 is 4.74 Å². The summed E-state index contributed by atoms with van der Waals surface area (Å²) in [5, 5.41) is 0.812. The van der Waals surface area contributed by atoms with E-state index in [9.17, 15) is 9.18 Å². The molecule has 2 aromatic carbocycles. The summed E-state index contributed by atoms with van der Waals surface area (Å²) in [4.78, 5) is 15.9. The summed E-state index contributed by atoms with van der Waals surface area (Å²) >= 11 is 12.0. The summed E-state index contributed by atoms with van der Waals surface area (Å²) < 4.78 is 18.7. The number of carbonyl (C=O) groups excluding carboxylic acids is 1. The van der Waals surface area contributed by atoms with Gasteiger partial charge in [-0.3, -0.25) is 0 Å². The van der Waals surface area contributed by atoms with Gasteiger partial charge in [-0.25, -0.2) is 14.2 Å². The Morgan fingerprint density at radius 3 is 2.54 bits per heavy atom. The van der Waals surface area contributed by atoms with Gasteiger partial charge in [0.25, 0.3) is 0 Å². The molecule has 3 nitrogen and oxygen atoms in total. The number of cyclic esters (lactones) is 1. The van der Waals surface area contributed by atoms with Crippen LogP contribution < -0.4 is 0 Å². The van der Waals surface area contributed by atoms with E-state index in [1.807, 2.05) is 0 Å². The molecule has 0 aromatic heterocycles. The molecule has 0 N–H and O–H groups in total. The highest BCUT2D eigenvalue weighted by molar-refractivity contribution is 6.42. The van der Waals surface area contributed by atoms with Gasteiger partial charge in [-0.15, -0.1) is 0 Å². The van der Waals surface area contributed by atoms with Crippen molar-refractivity contribution in [2.24, 2.45) is 4.99 Å². The first-order chi connectivity index (χ1) is 11.5. The SMILES string of the molecule is O=C1OC(/C=C/c2cccc(Cl)c2Cl)=NC/1=C\c1ccccc1F. The molecule has 1 heterocycles. The predicted octanol–water partition coefficient (Wildman–Crippen LogP) is 5.14. The van der Waals surface area contributed by atoms with Gasteiger partial charge in [0.15, 0.2) is 5.70 Å². The van der Waals surface area contributed by atoms with Gasteiger partial charge in [-0.2, -0.15) is 0 Å². The molecule has 0 spiro atoms. The third-order valence-corrected chi connectivity index (χ3v) is 4.05. The molecule has 0 fully saturated rings. The van der Waals surface area contributed by atoms with Crippen LogP contribution in [-0.2, 0) is 9.53 Å². The molecule has 0 saturated heterocycles. The summed E-state index contributed by atoms with van der Waals surface area (Å²) in [5.41, 5.74) is 0.947. The van der Waals surface area contributed by atoms with Crippen LogP contribution in [0.3, 0.4) is 0 Å². The number of aliphatic imine (C=N–C) groups is 1. The third kappa shape index (κ3) is 3.55. The highest BCUT2D eigenvalue weighted by Crippen LogP contribution is 2.26. The molecule has 1 aliphatic heterocycles. The Kier molecular flexibility index (Phi) is 4.79. The fraction of sp³-hybridized carbons (Fsp3) is 0. The number of halogens is 3. The molecule has 0 atom stereocenters. The van der Waals surface area contributed by atoms with E-state index in [1.165, 1.54) is 18.2 Å². The van der Waals surface area contributed by atoms with E-state index < -0.39 is 11.8 Å². The van der Waals surface area contributed by atoms with E-state index in [-0.39, 0.29) is 17.2 Å². The molecule has 1 aliphatic rings. The van der Waals surface area contributed by atoms with Crippen molar-refractivity contribution in [1.29, 1.82) is 0 Å². The Labute approximate surface area is 147 Å². The van der Waals surface area contributed by atoms with Crippen LogP contribution in [0.4, 0.5) is 4.39 Å². The van der Waals surface area contributed by atoms with Crippen molar-refractivity contribution in [2.45, 2.75) is 0 Å². The van der Waals surface area contributed by atoms with Gasteiger partial charge in [0.1, 0.15) is 5.82 Å². The minimum Gasteiger partial charge on any atom is -0.403 e. The lowest BCUT2D eigenvalue weighted by Crippen LogP contribution is -2.01. The van der Waals surface area contributed by atoms with Gasteiger partial charge in [0.2, 0.25) is 5.90 Å². The normalized spacial score (nSPS) is 15.9. The largest absolute Gasteiger partial charge is 0.403 e. The van der Waals surface area contributed by atoms with Gasteiger partial charge in [-0.1, -0.05) is 53.5 Å². The average Bonchev–Trinajstić information content (AvgIpc) is 2.91. The zero-order chi connectivity index (χ0) is 17.1. The van der Waals surface area contributed by atoms with Gasteiger partial charge in [0, 0.05) is 11.6 Å². The predicted molar refractivity (Wildman–Crippen MR) is 93.4 cm³/mol. The third-order valence-electron chi connectivity index (χ3n) is 3.22. The van der Waals surface area contributed by atoms with E-state index in [2.05, 4.69) is 4.99 Å². The maximum absolute atomic E-state index is 13.6. The summed E-state index contributed by atoms with van der Waals surface area (Å²) in [7, 11) is 0. The molecule has 6 heteroatoms. The molecule has 0 saturated carbocycles.